The predicted octanol–water partition coefficient (Wildman–Crippen LogP) is 5.67. The molecule has 3 rings (SSSR count). The molecule has 0 aliphatic carbocycles. The SMILES string of the molecule is CCCNC(=O)[C@@H](Cc1ccccc1)N(Cc1cccc(Cl)c1)C(=O)CCCN(c1cc(C)cc(C)c1)S(C)(=O)=O. The van der Waals surface area contributed by atoms with Crippen molar-refractivity contribution in [2.45, 2.75) is 59.0 Å². The number of rotatable bonds is 14. The molecule has 0 saturated heterocycles. The Bertz CT molecular complexity index is 1410. The van der Waals surface area contributed by atoms with E-state index in [2.05, 4.69) is 5.32 Å². The summed E-state index contributed by atoms with van der Waals surface area (Å²) in [7, 11) is -3.57. The van der Waals surface area contributed by atoms with E-state index in [1.807, 2.05) is 81.4 Å². The molecule has 7 nitrogen and oxygen atoms in total. The van der Waals surface area contributed by atoms with Crippen LogP contribution in [0.4, 0.5) is 5.69 Å². The first kappa shape index (κ1) is 32.2. The van der Waals surface area contributed by atoms with E-state index in [0.29, 0.717) is 30.1 Å². The lowest BCUT2D eigenvalue weighted by atomic mass is 10.0. The van der Waals surface area contributed by atoms with Gasteiger partial charge in [-0.3, -0.25) is 13.9 Å². The molecule has 1 N–H and O–H groups in total. The van der Waals surface area contributed by atoms with Gasteiger partial charge in [0, 0.05) is 37.5 Å². The van der Waals surface area contributed by atoms with Crippen LogP contribution in [0.5, 0.6) is 0 Å². The van der Waals surface area contributed by atoms with Crippen LogP contribution in [0, 0.1) is 13.8 Å². The third kappa shape index (κ3) is 9.90. The van der Waals surface area contributed by atoms with Gasteiger partial charge in [-0.05, 0) is 73.2 Å². The maximum absolute atomic E-state index is 13.9. The van der Waals surface area contributed by atoms with Crippen LogP contribution >= 0.6 is 11.6 Å². The summed E-state index contributed by atoms with van der Waals surface area (Å²) in [6.45, 7) is 6.66. The van der Waals surface area contributed by atoms with E-state index in [1.54, 1.807) is 17.0 Å². The van der Waals surface area contributed by atoms with E-state index < -0.39 is 16.1 Å². The van der Waals surface area contributed by atoms with Crippen molar-refractivity contribution in [2.75, 3.05) is 23.7 Å². The van der Waals surface area contributed by atoms with Crippen molar-refractivity contribution in [1.29, 1.82) is 0 Å². The van der Waals surface area contributed by atoms with Gasteiger partial charge >= 0.3 is 0 Å². The zero-order valence-corrected chi connectivity index (χ0v) is 25.8. The van der Waals surface area contributed by atoms with E-state index in [1.165, 1.54) is 10.6 Å². The van der Waals surface area contributed by atoms with E-state index in [-0.39, 0.29) is 31.3 Å². The highest BCUT2D eigenvalue weighted by Crippen LogP contribution is 2.23. The first-order valence-electron chi connectivity index (χ1n) is 13.9. The fraction of sp³-hybridized carbons (Fsp3) is 0.375. The van der Waals surface area contributed by atoms with Crippen LogP contribution in [0.25, 0.3) is 0 Å². The average Bonchev–Trinajstić information content (AvgIpc) is 2.91. The first-order chi connectivity index (χ1) is 19.5. The van der Waals surface area contributed by atoms with Gasteiger partial charge in [-0.1, -0.05) is 67.1 Å². The van der Waals surface area contributed by atoms with Crippen molar-refractivity contribution >= 4 is 39.1 Å². The summed E-state index contributed by atoms with van der Waals surface area (Å²) in [4.78, 5) is 28.9. The van der Waals surface area contributed by atoms with E-state index in [0.717, 1.165) is 28.7 Å². The van der Waals surface area contributed by atoms with Gasteiger partial charge in [0.2, 0.25) is 21.8 Å². The Hall–Kier alpha value is -3.36. The molecule has 1 atom stereocenters. The highest BCUT2D eigenvalue weighted by molar-refractivity contribution is 7.92. The van der Waals surface area contributed by atoms with Crippen molar-refractivity contribution in [3.63, 3.8) is 0 Å². The number of benzene rings is 3. The summed E-state index contributed by atoms with van der Waals surface area (Å²) in [5, 5.41) is 3.51. The molecule has 220 valence electrons. The van der Waals surface area contributed by atoms with Crippen molar-refractivity contribution in [3.8, 4) is 0 Å². The monoisotopic (exact) mass is 597 g/mol. The lowest BCUT2D eigenvalue weighted by molar-refractivity contribution is -0.141. The molecule has 0 aliphatic rings. The highest BCUT2D eigenvalue weighted by atomic mass is 35.5. The third-order valence-electron chi connectivity index (χ3n) is 6.71. The summed E-state index contributed by atoms with van der Waals surface area (Å²) in [6.07, 6.45) is 2.65. The number of amides is 2. The number of hydrogen-bond donors (Lipinski definition) is 1. The van der Waals surface area contributed by atoms with Crippen molar-refractivity contribution in [1.82, 2.24) is 10.2 Å². The molecule has 0 saturated carbocycles. The average molecular weight is 598 g/mol. The second-order valence-electron chi connectivity index (χ2n) is 10.4. The van der Waals surface area contributed by atoms with Gasteiger partial charge in [0.1, 0.15) is 6.04 Å². The predicted molar refractivity (Wildman–Crippen MR) is 167 cm³/mol. The minimum Gasteiger partial charge on any atom is -0.354 e. The smallest absolute Gasteiger partial charge is 0.243 e. The maximum Gasteiger partial charge on any atom is 0.243 e. The van der Waals surface area contributed by atoms with Crippen LogP contribution in [-0.2, 0) is 32.6 Å². The number of sulfonamides is 1. The molecule has 3 aromatic carbocycles. The largest absolute Gasteiger partial charge is 0.354 e. The number of nitrogens with one attached hydrogen (secondary N) is 1. The number of halogens is 1. The first-order valence-corrected chi connectivity index (χ1v) is 16.1. The zero-order valence-electron chi connectivity index (χ0n) is 24.3. The number of nitrogens with zero attached hydrogens (tertiary/aromatic N) is 2. The lowest BCUT2D eigenvalue weighted by Gasteiger charge is -2.32. The Morgan fingerprint density at radius 3 is 2.20 bits per heavy atom. The Morgan fingerprint density at radius 1 is 0.927 bits per heavy atom. The van der Waals surface area contributed by atoms with E-state index in [9.17, 15) is 18.0 Å². The van der Waals surface area contributed by atoms with Gasteiger partial charge in [0.25, 0.3) is 0 Å². The Morgan fingerprint density at radius 2 is 1.59 bits per heavy atom. The van der Waals surface area contributed by atoms with Crippen LogP contribution in [0.1, 0.15) is 48.4 Å². The zero-order chi connectivity index (χ0) is 30.0. The number of anilines is 1. The summed E-state index contributed by atoms with van der Waals surface area (Å²) in [5.41, 5.74) is 4.24. The third-order valence-corrected chi connectivity index (χ3v) is 8.14. The number of aryl methyl sites for hydroxylation is 2. The molecule has 0 aromatic heterocycles. The lowest BCUT2D eigenvalue weighted by Crippen LogP contribution is -2.50. The molecule has 0 radical (unpaired) electrons. The molecule has 0 heterocycles. The number of hydrogen-bond acceptors (Lipinski definition) is 4. The molecule has 3 aromatic rings. The summed E-state index contributed by atoms with van der Waals surface area (Å²) in [5.74, 6) is -0.453. The van der Waals surface area contributed by atoms with Gasteiger partial charge in [-0.25, -0.2) is 8.42 Å². The minimum atomic E-state index is -3.57. The molecule has 2 amide bonds. The van der Waals surface area contributed by atoms with Crippen LogP contribution in [0.3, 0.4) is 0 Å². The topological polar surface area (TPSA) is 86.8 Å². The maximum atomic E-state index is 13.9. The van der Waals surface area contributed by atoms with E-state index in [4.69, 9.17) is 11.6 Å². The Balaban J connectivity index is 1.88. The molecule has 0 unspecified atom stereocenters. The molecule has 0 spiro atoms. The molecular formula is C32H40ClN3O4S. The van der Waals surface area contributed by atoms with Gasteiger partial charge in [0.05, 0.1) is 11.9 Å². The van der Waals surface area contributed by atoms with Crippen LogP contribution in [0.15, 0.2) is 72.8 Å². The highest BCUT2D eigenvalue weighted by Gasteiger charge is 2.30. The molecule has 0 bridgehead atoms. The number of carbonyl (C=O) groups excluding carboxylic acids is 2. The molecule has 0 fully saturated rings. The van der Waals surface area contributed by atoms with Crippen LogP contribution in [-0.4, -0.2) is 50.5 Å². The fourth-order valence-electron chi connectivity index (χ4n) is 4.85. The van der Waals surface area contributed by atoms with Crippen LogP contribution < -0.4 is 9.62 Å². The van der Waals surface area contributed by atoms with Crippen molar-refractivity contribution in [3.05, 3.63) is 100 Å². The van der Waals surface area contributed by atoms with Gasteiger partial charge in [-0.2, -0.15) is 0 Å². The van der Waals surface area contributed by atoms with Crippen LogP contribution in [0.2, 0.25) is 5.02 Å². The van der Waals surface area contributed by atoms with Crippen molar-refractivity contribution in [2.24, 2.45) is 0 Å². The summed E-state index contributed by atoms with van der Waals surface area (Å²) in [6, 6.07) is 21.7. The Labute approximate surface area is 249 Å². The minimum absolute atomic E-state index is 0.0731. The summed E-state index contributed by atoms with van der Waals surface area (Å²) < 4.78 is 26.8. The number of carbonyl (C=O) groups is 2. The normalized spacial score (nSPS) is 12.0. The summed E-state index contributed by atoms with van der Waals surface area (Å²) >= 11 is 6.24. The van der Waals surface area contributed by atoms with Gasteiger partial charge < -0.3 is 10.2 Å². The molecular weight excluding hydrogens is 558 g/mol. The second-order valence-corrected chi connectivity index (χ2v) is 12.8. The quantitative estimate of drug-likeness (QED) is 0.259. The fourth-order valence-corrected chi connectivity index (χ4v) is 6.01. The van der Waals surface area contributed by atoms with E-state index >= 15 is 0 Å². The Kier molecular flexibility index (Phi) is 11.8. The standard InChI is InChI=1S/C32H40ClN3O4S/c1-5-16-34-32(38)30(22-26-11-7-6-8-12-26)35(23-27-13-9-14-28(33)21-27)31(37)15-10-17-36(41(4,39)40)29-19-24(2)18-25(3)20-29/h6-9,11-14,18-21,30H,5,10,15-17,22-23H2,1-4H3,(H,34,38)/t30-/m1/s1. The second kappa shape index (κ2) is 15.0. The molecule has 41 heavy (non-hydrogen) atoms. The molecule has 0 aliphatic heterocycles. The van der Waals surface area contributed by atoms with Crippen molar-refractivity contribution < 1.29 is 18.0 Å². The van der Waals surface area contributed by atoms with Gasteiger partial charge in [0.15, 0.2) is 0 Å². The molecule has 9 heteroatoms. The van der Waals surface area contributed by atoms with Gasteiger partial charge in [-0.15, -0.1) is 0 Å².